The molecule has 0 aromatic carbocycles. The number of aromatic amines is 1. The van der Waals surface area contributed by atoms with E-state index in [0.29, 0.717) is 5.69 Å². The summed E-state index contributed by atoms with van der Waals surface area (Å²) < 4.78 is 4.52. The van der Waals surface area contributed by atoms with Crippen molar-refractivity contribution in [2.75, 3.05) is 7.11 Å². The zero-order valence-corrected chi connectivity index (χ0v) is 8.32. The third kappa shape index (κ3) is 3.30. The van der Waals surface area contributed by atoms with Crippen LogP contribution in [-0.4, -0.2) is 24.0 Å². The minimum Gasteiger partial charge on any atom is -0.464 e. The van der Waals surface area contributed by atoms with Gasteiger partial charge in [0.05, 0.1) is 7.11 Å². The Bertz CT molecular complexity index is 393. The smallest absolute Gasteiger partial charge is 0.354 e. The summed E-state index contributed by atoms with van der Waals surface area (Å²) in [6.07, 6.45) is 5.16. The van der Waals surface area contributed by atoms with Gasteiger partial charge in [0.1, 0.15) is 5.69 Å². The van der Waals surface area contributed by atoms with Gasteiger partial charge in [-0.25, -0.2) is 4.79 Å². The van der Waals surface area contributed by atoms with Crippen molar-refractivity contribution in [3.63, 3.8) is 0 Å². The van der Waals surface area contributed by atoms with Gasteiger partial charge in [0.2, 0.25) is 5.91 Å². The van der Waals surface area contributed by atoms with E-state index in [1.165, 1.54) is 7.11 Å². The summed E-state index contributed by atoms with van der Waals surface area (Å²) in [5, 5.41) is 0. The van der Waals surface area contributed by atoms with Gasteiger partial charge in [0.25, 0.3) is 0 Å². The number of hydrogen-bond donors (Lipinski definition) is 2. The molecule has 0 aliphatic heterocycles. The van der Waals surface area contributed by atoms with Crippen molar-refractivity contribution in [3.05, 3.63) is 29.6 Å². The summed E-state index contributed by atoms with van der Waals surface area (Å²) >= 11 is 0. The van der Waals surface area contributed by atoms with Crippen LogP contribution < -0.4 is 5.73 Å². The standard InChI is InChI=1S/C10H12N2O3/c1-15-10(14)8-5-7(6-12-8)3-2-4-9(11)13/h2-3,5-6,12H,4H2,1H3,(H2,11,13). The molecule has 0 saturated carbocycles. The minimum absolute atomic E-state index is 0.179. The Morgan fingerprint density at radius 3 is 2.93 bits per heavy atom. The first-order chi connectivity index (χ1) is 7.13. The summed E-state index contributed by atoms with van der Waals surface area (Å²) in [5.41, 5.74) is 6.12. The molecule has 5 heteroatoms. The maximum absolute atomic E-state index is 11.1. The third-order valence-electron chi connectivity index (χ3n) is 1.74. The number of methoxy groups -OCH3 is 1. The molecule has 0 fully saturated rings. The van der Waals surface area contributed by atoms with E-state index in [1.807, 2.05) is 0 Å². The number of carbonyl (C=O) groups excluding carboxylic acids is 2. The lowest BCUT2D eigenvalue weighted by Crippen LogP contribution is -2.07. The van der Waals surface area contributed by atoms with Crippen LogP contribution in [0.5, 0.6) is 0 Å². The minimum atomic E-state index is -0.426. The molecular formula is C10H12N2O3. The van der Waals surface area contributed by atoms with Crippen molar-refractivity contribution < 1.29 is 14.3 Å². The first-order valence-electron chi connectivity index (χ1n) is 4.35. The molecule has 0 bridgehead atoms. The van der Waals surface area contributed by atoms with Crippen LogP contribution in [0.4, 0.5) is 0 Å². The van der Waals surface area contributed by atoms with Crippen LogP contribution in [0, 0.1) is 0 Å². The molecule has 0 atom stereocenters. The van der Waals surface area contributed by atoms with Gasteiger partial charge >= 0.3 is 5.97 Å². The Labute approximate surface area is 86.9 Å². The van der Waals surface area contributed by atoms with Gasteiger partial charge in [0, 0.05) is 12.6 Å². The highest BCUT2D eigenvalue weighted by atomic mass is 16.5. The number of carbonyl (C=O) groups is 2. The fourth-order valence-electron chi connectivity index (χ4n) is 1.05. The number of amides is 1. The summed E-state index contributed by atoms with van der Waals surface area (Å²) in [6.45, 7) is 0. The summed E-state index contributed by atoms with van der Waals surface area (Å²) in [4.78, 5) is 24.2. The Kier molecular flexibility index (Phi) is 3.68. The van der Waals surface area contributed by atoms with Crippen molar-refractivity contribution in [1.82, 2.24) is 4.98 Å². The molecule has 1 heterocycles. The lowest BCUT2D eigenvalue weighted by Gasteiger charge is -1.91. The molecule has 0 spiro atoms. The third-order valence-corrected chi connectivity index (χ3v) is 1.74. The highest BCUT2D eigenvalue weighted by Gasteiger charge is 2.06. The molecule has 3 N–H and O–H groups in total. The van der Waals surface area contributed by atoms with Crippen LogP contribution in [0.1, 0.15) is 22.5 Å². The quantitative estimate of drug-likeness (QED) is 0.714. The van der Waals surface area contributed by atoms with Crippen molar-refractivity contribution in [3.8, 4) is 0 Å². The predicted octanol–water partition coefficient (Wildman–Crippen LogP) is 0.690. The number of nitrogens with one attached hydrogen (secondary N) is 1. The maximum Gasteiger partial charge on any atom is 0.354 e. The number of primary amides is 1. The predicted molar refractivity (Wildman–Crippen MR) is 55.0 cm³/mol. The van der Waals surface area contributed by atoms with Crippen molar-refractivity contribution in [1.29, 1.82) is 0 Å². The fourth-order valence-corrected chi connectivity index (χ4v) is 1.05. The molecule has 1 amide bonds. The van der Waals surface area contributed by atoms with Crippen LogP contribution in [0.25, 0.3) is 6.08 Å². The van der Waals surface area contributed by atoms with Crippen LogP contribution in [-0.2, 0) is 9.53 Å². The van der Waals surface area contributed by atoms with Crippen LogP contribution in [0.3, 0.4) is 0 Å². The van der Waals surface area contributed by atoms with E-state index in [1.54, 1.807) is 24.4 Å². The first-order valence-corrected chi connectivity index (χ1v) is 4.35. The van der Waals surface area contributed by atoms with E-state index in [-0.39, 0.29) is 6.42 Å². The lowest BCUT2D eigenvalue weighted by molar-refractivity contribution is -0.117. The Hall–Kier alpha value is -2.04. The normalized spacial score (nSPS) is 10.5. The largest absolute Gasteiger partial charge is 0.464 e. The molecular weight excluding hydrogens is 196 g/mol. The number of nitrogens with two attached hydrogens (primary N) is 1. The van der Waals surface area contributed by atoms with Crippen LogP contribution in [0.15, 0.2) is 18.3 Å². The van der Waals surface area contributed by atoms with E-state index in [9.17, 15) is 9.59 Å². The molecule has 1 aromatic rings. The molecule has 15 heavy (non-hydrogen) atoms. The van der Waals surface area contributed by atoms with Gasteiger partial charge in [-0.1, -0.05) is 12.2 Å². The average molecular weight is 208 g/mol. The fraction of sp³-hybridized carbons (Fsp3) is 0.200. The van der Waals surface area contributed by atoms with Crippen molar-refractivity contribution in [2.45, 2.75) is 6.42 Å². The number of hydrogen-bond acceptors (Lipinski definition) is 3. The Morgan fingerprint density at radius 1 is 1.60 bits per heavy atom. The van der Waals surface area contributed by atoms with Crippen molar-refractivity contribution in [2.24, 2.45) is 5.73 Å². The van der Waals surface area contributed by atoms with Gasteiger partial charge in [-0.15, -0.1) is 0 Å². The highest BCUT2D eigenvalue weighted by molar-refractivity contribution is 5.88. The molecule has 0 radical (unpaired) electrons. The van der Waals surface area contributed by atoms with Crippen molar-refractivity contribution >= 4 is 18.0 Å². The number of rotatable bonds is 4. The van der Waals surface area contributed by atoms with E-state index in [4.69, 9.17) is 5.73 Å². The number of H-pyrrole nitrogens is 1. The Balaban J connectivity index is 2.64. The highest BCUT2D eigenvalue weighted by Crippen LogP contribution is 2.07. The van der Waals surface area contributed by atoms with Gasteiger partial charge < -0.3 is 15.5 Å². The molecule has 0 aliphatic rings. The second-order valence-corrected chi connectivity index (χ2v) is 2.91. The van der Waals surface area contributed by atoms with Gasteiger partial charge in [-0.2, -0.15) is 0 Å². The zero-order valence-electron chi connectivity index (χ0n) is 8.32. The van der Waals surface area contributed by atoms with E-state index in [2.05, 4.69) is 9.72 Å². The first kappa shape index (κ1) is 11.0. The van der Waals surface area contributed by atoms with Gasteiger partial charge in [-0.05, 0) is 11.6 Å². The maximum atomic E-state index is 11.1. The van der Waals surface area contributed by atoms with Gasteiger partial charge in [-0.3, -0.25) is 4.79 Å². The van der Waals surface area contributed by atoms with Gasteiger partial charge in [0.15, 0.2) is 0 Å². The molecule has 80 valence electrons. The monoisotopic (exact) mass is 208 g/mol. The van der Waals surface area contributed by atoms with E-state index < -0.39 is 11.9 Å². The molecule has 0 unspecified atom stereocenters. The molecule has 5 nitrogen and oxygen atoms in total. The van der Waals surface area contributed by atoms with E-state index in [0.717, 1.165) is 5.56 Å². The van der Waals surface area contributed by atoms with Crippen LogP contribution in [0.2, 0.25) is 0 Å². The average Bonchev–Trinajstić information content (AvgIpc) is 2.65. The number of esters is 1. The Morgan fingerprint density at radius 2 is 2.33 bits per heavy atom. The van der Waals surface area contributed by atoms with E-state index >= 15 is 0 Å². The molecule has 1 aromatic heterocycles. The molecule has 0 saturated heterocycles. The van der Waals surface area contributed by atoms with Crippen LogP contribution >= 0.6 is 0 Å². The number of ether oxygens (including phenoxy) is 1. The lowest BCUT2D eigenvalue weighted by atomic mass is 10.2. The second-order valence-electron chi connectivity index (χ2n) is 2.91. The molecule has 1 rings (SSSR count). The zero-order chi connectivity index (χ0) is 11.3. The topological polar surface area (TPSA) is 85.2 Å². The summed E-state index contributed by atoms with van der Waals surface area (Å²) in [5.74, 6) is -0.820. The SMILES string of the molecule is COC(=O)c1cc(C=CCC(N)=O)c[nH]1. The summed E-state index contributed by atoms with van der Waals surface area (Å²) in [6, 6.07) is 1.63. The summed E-state index contributed by atoms with van der Waals surface area (Å²) in [7, 11) is 1.31. The second kappa shape index (κ2) is 4.99. The molecule has 0 aliphatic carbocycles. The number of aromatic nitrogens is 1.